The first kappa shape index (κ1) is 20.9. The molecule has 0 aromatic heterocycles. The molecule has 1 amide bonds. The Morgan fingerprint density at radius 2 is 1.79 bits per heavy atom. The fourth-order valence-corrected chi connectivity index (χ4v) is 4.95. The van der Waals surface area contributed by atoms with E-state index in [1.165, 1.54) is 4.31 Å². The molecule has 9 heteroatoms. The van der Waals surface area contributed by atoms with Crippen molar-refractivity contribution >= 4 is 37.5 Å². The first-order chi connectivity index (χ1) is 13.2. The number of piperidine rings is 1. The summed E-state index contributed by atoms with van der Waals surface area (Å²) in [7, 11) is -3.93. The van der Waals surface area contributed by atoms with E-state index >= 15 is 0 Å². The average Bonchev–Trinajstić information content (AvgIpc) is 2.67. The van der Waals surface area contributed by atoms with E-state index in [1.807, 2.05) is 25.1 Å². The van der Waals surface area contributed by atoms with Gasteiger partial charge in [-0.1, -0.05) is 22.0 Å². The largest absolute Gasteiger partial charge is 0.326 e. The normalized spacial score (nSPS) is 16.1. The number of aryl methyl sites for hydroxylation is 1. The smallest absolute Gasteiger partial charge is 0.243 e. The van der Waals surface area contributed by atoms with Crippen LogP contribution >= 0.6 is 15.9 Å². The van der Waals surface area contributed by atoms with Crippen molar-refractivity contribution in [1.82, 2.24) is 4.31 Å². The van der Waals surface area contributed by atoms with Gasteiger partial charge in [0.1, 0.15) is 0 Å². The summed E-state index contributed by atoms with van der Waals surface area (Å²) >= 11 is 3.37. The molecule has 0 radical (unpaired) electrons. The first-order valence-electron chi connectivity index (χ1n) is 8.70. The number of sulfonamides is 1. The van der Waals surface area contributed by atoms with E-state index < -0.39 is 21.7 Å². The number of halogens is 3. The van der Waals surface area contributed by atoms with Crippen LogP contribution in [-0.2, 0) is 14.8 Å². The highest BCUT2D eigenvalue weighted by molar-refractivity contribution is 9.10. The molecule has 1 heterocycles. The molecule has 1 fully saturated rings. The summed E-state index contributed by atoms with van der Waals surface area (Å²) < 4.78 is 53.8. The number of amides is 1. The fourth-order valence-electron chi connectivity index (χ4n) is 3.11. The number of carbonyl (C=O) groups is 1. The Labute approximate surface area is 170 Å². The standard InChI is InChI=1S/C19H19BrF2N2O3S/c1-12-2-3-14(20)10-18(12)23-19(25)13-6-8-24(9-7-13)28(26,27)15-4-5-16(21)17(22)11-15/h2-5,10-11,13H,6-9H2,1H3,(H,23,25). The van der Waals surface area contributed by atoms with E-state index in [1.54, 1.807) is 0 Å². The molecular formula is C19H19BrF2N2O3S. The number of carbonyl (C=O) groups excluding carboxylic acids is 1. The SMILES string of the molecule is Cc1ccc(Br)cc1NC(=O)C1CCN(S(=O)(=O)c2ccc(F)c(F)c2)CC1. The molecule has 1 N–H and O–H groups in total. The Hall–Kier alpha value is -1.84. The molecule has 0 saturated carbocycles. The van der Waals surface area contributed by atoms with Crippen molar-refractivity contribution in [2.75, 3.05) is 18.4 Å². The van der Waals surface area contributed by atoms with Gasteiger partial charge in [-0.25, -0.2) is 17.2 Å². The number of nitrogens with zero attached hydrogens (tertiary/aromatic N) is 1. The van der Waals surface area contributed by atoms with Gasteiger partial charge in [-0.15, -0.1) is 0 Å². The van der Waals surface area contributed by atoms with Gasteiger partial charge in [-0.05, 0) is 55.7 Å². The zero-order valence-corrected chi connectivity index (χ0v) is 17.5. The molecule has 0 atom stereocenters. The quantitative estimate of drug-likeness (QED) is 0.728. The topological polar surface area (TPSA) is 66.5 Å². The summed E-state index contributed by atoms with van der Waals surface area (Å²) in [5, 5.41) is 2.89. The molecule has 1 saturated heterocycles. The Balaban J connectivity index is 1.65. The molecule has 3 rings (SSSR count). The predicted octanol–water partition coefficient (Wildman–Crippen LogP) is 4.08. The lowest BCUT2D eigenvalue weighted by Gasteiger charge is -2.30. The third-order valence-corrected chi connectivity index (χ3v) is 7.20. The Morgan fingerprint density at radius 1 is 1.11 bits per heavy atom. The molecule has 2 aromatic rings. The van der Waals surface area contributed by atoms with Gasteiger partial charge in [0.2, 0.25) is 15.9 Å². The predicted molar refractivity (Wildman–Crippen MR) is 105 cm³/mol. The minimum Gasteiger partial charge on any atom is -0.326 e. The lowest BCUT2D eigenvalue weighted by atomic mass is 9.97. The van der Waals surface area contributed by atoms with E-state index in [4.69, 9.17) is 0 Å². The summed E-state index contributed by atoms with van der Waals surface area (Å²) in [4.78, 5) is 12.3. The molecule has 0 bridgehead atoms. The molecular weight excluding hydrogens is 454 g/mol. The highest BCUT2D eigenvalue weighted by atomic mass is 79.9. The van der Waals surface area contributed by atoms with Crippen molar-refractivity contribution in [3.05, 3.63) is 58.1 Å². The van der Waals surface area contributed by atoms with Crippen LogP contribution in [0.1, 0.15) is 18.4 Å². The maximum absolute atomic E-state index is 13.4. The van der Waals surface area contributed by atoms with Crippen LogP contribution in [0.5, 0.6) is 0 Å². The van der Waals surface area contributed by atoms with Gasteiger partial charge in [-0.2, -0.15) is 4.31 Å². The third-order valence-electron chi connectivity index (χ3n) is 4.81. The summed E-state index contributed by atoms with van der Waals surface area (Å²) in [6, 6.07) is 8.10. The van der Waals surface area contributed by atoms with E-state index in [9.17, 15) is 22.0 Å². The number of anilines is 1. The van der Waals surface area contributed by atoms with E-state index in [0.717, 1.165) is 22.2 Å². The number of hydrogen-bond donors (Lipinski definition) is 1. The van der Waals surface area contributed by atoms with Crippen molar-refractivity contribution < 1.29 is 22.0 Å². The van der Waals surface area contributed by atoms with Crippen LogP contribution in [0.2, 0.25) is 0 Å². The van der Waals surface area contributed by atoms with Crippen molar-refractivity contribution in [3.8, 4) is 0 Å². The Bertz CT molecular complexity index is 1010. The highest BCUT2D eigenvalue weighted by Gasteiger charge is 2.32. The van der Waals surface area contributed by atoms with Crippen molar-refractivity contribution in [3.63, 3.8) is 0 Å². The first-order valence-corrected chi connectivity index (χ1v) is 10.9. The molecule has 0 aliphatic carbocycles. The maximum Gasteiger partial charge on any atom is 0.243 e. The summed E-state index contributed by atoms with van der Waals surface area (Å²) in [6.45, 7) is 2.16. The fraction of sp³-hybridized carbons (Fsp3) is 0.316. The molecule has 0 spiro atoms. The zero-order valence-electron chi connectivity index (χ0n) is 15.1. The summed E-state index contributed by atoms with van der Waals surface area (Å²) in [5.41, 5.74) is 1.63. The van der Waals surface area contributed by atoms with Gasteiger partial charge in [-0.3, -0.25) is 4.79 Å². The number of hydrogen-bond acceptors (Lipinski definition) is 3. The second kappa shape index (κ2) is 8.26. The van der Waals surface area contributed by atoms with Gasteiger partial charge >= 0.3 is 0 Å². The van der Waals surface area contributed by atoms with Gasteiger partial charge in [0.05, 0.1) is 4.90 Å². The van der Waals surface area contributed by atoms with Gasteiger partial charge in [0.15, 0.2) is 11.6 Å². The minimum atomic E-state index is -3.93. The monoisotopic (exact) mass is 472 g/mol. The van der Waals surface area contributed by atoms with Crippen molar-refractivity contribution in [2.45, 2.75) is 24.7 Å². The molecule has 1 aliphatic heterocycles. The van der Waals surface area contributed by atoms with Crippen LogP contribution in [0.3, 0.4) is 0 Å². The van der Waals surface area contributed by atoms with E-state index in [2.05, 4.69) is 21.2 Å². The van der Waals surface area contributed by atoms with Crippen molar-refractivity contribution in [1.29, 1.82) is 0 Å². The zero-order chi connectivity index (χ0) is 20.5. The van der Waals surface area contributed by atoms with Gasteiger partial charge in [0.25, 0.3) is 0 Å². The van der Waals surface area contributed by atoms with Crippen LogP contribution in [-0.4, -0.2) is 31.7 Å². The van der Waals surface area contributed by atoms with Gasteiger partial charge < -0.3 is 5.32 Å². The Morgan fingerprint density at radius 3 is 2.43 bits per heavy atom. The van der Waals surface area contributed by atoms with E-state index in [-0.39, 0.29) is 29.8 Å². The molecule has 150 valence electrons. The van der Waals surface area contributed by atoms with Crippen LogP contribution in [0.15, 0.2) is 45.8 Å². The second-order valence-electron chi connectivity index (χ2n) is 6.70. The van der Waals surface area contributed by atoms with Crippen LogP contribution < -0.4 is 5.32 Å². The average molecular weight is 473 g/mol. The van der Waals surface area contributed by atoms with Crippen LogP contribution in [0.25, 0.3) is 0 Å². The van der Waals surface area contributed by atoms with Crippen LogP contribution in [0, 0.1) is 24.5 Å². The Kier molecular flexibility index (Phi) is 6.16. The maximum atomic E-state index is 13.4. The molecule has 0 unspecified atom stereocenters. The van der Waals surface area contributed by atoms with Gasteiger partial charge in [0, 0.05) is 29.2 Å². The second-order valence-corrected chi connectivity index (χ2v) is 9.56. The lowest BCUT2D eigenvalue weighted by molar-refractivity contribution is -0.120. The minimum absolute atomic E-state index is 0.136. The molecule has 5 nitrogen and oxygen atoms in total. The summed E-state index contributed by atoms with van der Waals surface area (Å²) in [5.74, 6) is -2.79. The molecule has 2 aromatic carbocycles. The highest BCUT2D eigenvalue weighted by Crippen LogP contribution is 2.27. The lowest BCUT2D eigenvalue weighted by Crippen LogP contribution is -2.41. The number of rotatable bonds is 4. The molecule has 1 aliphatic rings. The number of nitrogens with one attached hydrogen (secondary N) is 1. The van der Waals surface area contributed by atoms with Crippen LogP contribution in [0.4, 0.5) is 14.5 Å². The van der Waals surface area contributed by atoms with E-state index in [0.29, 0.717) is 24.6 Å². The molecule has 28 heavy (non-hydrogen) atoms. The summed E-state index contributed by atoms with van der Waals surface area (Å²) in [6.07, 6.45) is 0.698. The number of benzene rings is 2. The van der Waals surface area contributed by atoms with Crippen molar-refractivity contribution in [2.24, 2.45) is 5.92 Å². The third kappa shape index (κ3) is 4.42.